The maximum Gasteiger partial charge on any atom is 0.220 e. The van der Waals surface area contributed by atoms with Gasteiger partial charge in [-0.3, -0.25) is 14.7 Å². The number of likely N-dealkylation sites (N-methyl/N-ethyl adjacent to an activating group) is 1. The van der Waals surface area contributed by atoms with Gasteiger partial charge in [0, 0.05) is 44.3 Å². The molecule has 0 bridgehead atoms. The van der Waals surface area contributed by atoms with Gasteiger partial charge in [0.25, 0.3) is 0 Å². The van der Waals surface area contributed by atoms with Crippen LogP contribution >= 0.6 is 0 Å². The van der Waals surface area contributed by atoms with E-state index in [2.05, 4.69) is 34.1 Å². The topological polar surface area (TPSA) is 48.5 Å². The highest BCUT2D eigenvalue weighted by Gasteiger charge is 2.19. The molecule has 0 radical (unpaired) electrons. The Morgan fingerprint density at radius 3 is 2.73 bits per heavy atom. The summed E-state index contributed by atoms with van der Waals surface area (Å²) < 4.78 is 0. The summed E-state index contributed by atoms with van der Waals surface area (Å²) >= 11 is 0. The third-order valence-electron chi connectivity index (χ3n) is 4.36. The Morgan fingerprint density at radius 1 is 1.32 bits per heavy atom. The largest absolute Gasteiger partial charge is 0.350 e. The van der Waals surface area contributed by atoms with Crippen LogP contribution in [-0.4, -0.2) is 60.0 Å². The van der Waals surface area contributed by atoms with E-state index < -0.39 is 0 Å². The number of hydrogen-bond donors (Lipinski definition) is 1. The van der Waals surface area contributed by atoms with Gasteiger partial charge in [0.1, 0.15) is 0 Å². The van der Waals surface area contributed by atoms with E-state index in [1.165, 1.54) is 0 Å². The van der Waals surface area contributed by atoms with Crippen molar-refractivity contribution in [3.05, 3.63) is 29.6 Å². The zero-order chi connectivity index (χ0) is 15.9. The Kier molecular flexibility index (Phi) is 6.34. The lowest BCUT2D eigenvalue weighted by Crippen LogP contribution is -2.48. The quantitative estimate of drug-likeness (QED) is 0.863. The summed E-state index contributed by atoms with van der Waals surface area (Å²) in [6, 6.07) is 6.35. The minimum absolute atomic E-state index is 0.115. The number of hydrogen-bond acceptors (Lipinski definition) is 4. The van der Waals surface area contributed by atoms with Crippen molar-refractivity contribution < 1.29 is 4.79 Å². The van der Waals surface area contributed by atoms with E-state index in [0.29, 0.717) is 19.0 Å². The molecule has 5 heteroatoms. The molecule has 1 aliphatic rings. The van der Waals surface area contributed by atoms with Crippen molar-refractivity contribution in [2.45, 2.75) is 39.3 Å². The normalized spacial score (nSPS) is 18.1. The molecule has 1 N–H and O–H groups in total. The smallest absolute Gasteiger partial charge is 0.220 e. The Morgan fingerprint density at radius 2 is 2.05 bits per heavy atom. The van der Waals surface area contributed by atoms with E-state index in [4.69, 9.17) is 0 Å². The first-order valence-corrected chi connectivity index (χ1v) is 8.16. The second-order valence-electron chi connectivity index (χ2n) is 6.27. The average Bonchev–Trinajstić information content (AvgIpc) is 2.51. The van der Waals surface area contributed by atoms with Crippen molar-refractivity contribution in [3.8, 4) is 0 Å². The summed E-state index contributed by atoms with van der Waals surface area (Å²) in [5.74, 6) is 0.115. The second-order valence-corrected chi connectivity index (χ2v) is 6.27. The molecular formula is C17H28N4O. The predicted molar refractivity (Wildman–Crippen MR) is 88.6 cm³/mol. The lowest BCUT2D eigenvalue weighted by molar-refractivity contribution is -0.121. The first-order chi connectivity index (χ1) is 10.5. The van der Waals surface area contributed by atoms with E-state index in [0.717, 1.165) is 44.0 Å². The molecule has 1 unspecified atom stereocenters. The minimum atomic E-state index is 0.115. The molecule has 1 fully saturated rings. The third-order valence-corrected chi connectivity index (χ3v) is 4.36. The maximum atomic E-state index is 12.0. The number of amides is 1. The molecule has 122 valence electrons. The van der Waals surface area contributed by atoms with Crippen LogP contribution in [0.5, 0.6) is 0 Å². The molecule has 1 atom stereocenters. The fourth-order valence-electron chi connectivity index (χ4n) is 2.76. The van der Waals surface area contributed by atoms with Gasteiger partial charge in [0.05, 0.1) is 12.2 Å². The highest BCUT2D eigenvalue weighted by Crippen LogP contribution is 2.10. The van der Waals surface area contributed by atoms with Crippen molar-refractivity contribution in [2.75, 3.05) is 33.2 Å². The number of carbonyl (C=O) groups is 1. The van der Waals surface area contributed by atoms with Gasteiger partial charge in [0.2, 0.25) is 5.91 Å². The van der Waals surface area contributed by atoms with E-state index >= 15 is 0 Å². The number of aryl methyl sites for hydroxylation is 1. The molecule has 22 heavy (non-hydrogen) atoms. The summed E-state index contributed by atoms with van der Waals surface area (Å²) in [7, 11) is 2.16. The van der Waals surface area contributed by atoms with Crippen molar-refractivity contribution in [1.29, 1.82) is 0 Å². The minimum Gasteiger partial charge on any atom is -0.350 e. The number of nitrogens with one attached hydrogen (secondary N) is 1. The number of piperazine rings is 1. The van der Waals surface area contributed by atoms with Gasteiger partial charge in [-0.25, -0.2) is 0 Å². The van der Waals surface area contributed by atoms with Crippen LogP contribution in [0.2, 0.25) is 0 Å². The highest BCUT2D eigenvalue weighted by molar-refractivity contribution is 5.75. The third kappa shape index (κ3) is 5.39. The standard InChI is InChI=1S/C17H28N4O/c1-14-5-4-6-16(19-14)13-18-17(22)8-7-15(2)21-11-9-20(3)10-12-21/h4-6,15H,7-13H2,1-3H3,(H,18,22). The number of nitrogens with zero attached hydrogens (tertiary/aromatic N) is 3. The molecule has 1 saturated heterocycles. The molecule has 1 aromatic rings. The van der Waals surface area contributed by atoms with Crippen molar-refractivity contribution in [2.24, 2.45) is 0 Å². The van der Waals surface area contributed by atoms with Crippen LogP contribution in [0.3, 0.4) is 0 Å². The molecular weight excluding hydrogens is 276 g/mol. The van der Waals surface area contributed by atoms with Crippen LogP contribution in [0.25, 0.3) is 0 Å². The summed E-state index contributed by atoms with van der Waals surface area (Å²) in [6.07, 6.45) is 1.50. The molecule has 1 aromatic heterocycles. The second kappa shape index (κ2) is 8.25. The lowest BCUT2D eigenvalue weighted by atomic mass is 10.1. The van der Waals surface area contributed by atoms with Crippen LogP contribution in [0, 0.1) is 6.92 Å². The zero-order valence-electron chi connectivity index (χ0n) is 14.0. The molecule has 0 aromatic carbocycles. The van der Waals surface area contributed by atoms with E-state index in [1.807, 2.05) is 25.1 Å². The molecule has 0 aliphatic carbocycles. The monoisotopic (exact) mass is 304 g/mol. The summed E-state index contributed by atoms with van der Waals surface area (Å²) in [5, 5.41) is 2.96. The first kappa shape index (κ1) is 16.9. The van der Waals surface area contributed by atoms with Crippen molar-refractivity contribution >= 4 is 5.91 Å². The SMILES string of the molecule is Cc1cccc(CNC(=O)CCC(C)N2CCN(C)CC2)n1. The van der Waals surface area contributed by atoms with Crippen LogP contribution in [0.1, 0.15) is 31.2 Å². The van der Waals surface area contributed by atoms with Gasteiger partial charge in [-0.1, -0.05) is 6.07 Å². The van der Waals surface area contributed by atoms with E-state index in [9.17, 15) is 4.79 Å². The Balaban J connectivity index is 1.67. The number of pyridine rings is 1. The molecule has 1 aliphatic heterocycles. The van der Waals surface area contributed by atoms with Gasteiger partial charge in [-0.15, -0.1) is 0 Å². The average molecular weight is 304 g/mol. The fourth-order valence-corrected chi connectivity index (χ4v) is 2.76. The molecule has 0 spiro atoms. The van der Waals surface area contributed by atoms with Crippen LogP contribution in [0.4, 0.5) is 0 Å². The molecule has 0 saturated carbocycles. The Hall–Kier alpha value is -1.46. The maximum absolute atomic E-state index is 12.0. The lowest BCUT2D eigenvalue weighted by Gasteiger charge is -2.36. The van der Waals surface area contributed by atoms with Crippen molar-refractivity contribution in [1.82, 2.24) is 20.1 Å². The van der Waals surface area contributed by atoms with Crippen LogP contribution in [0.15, 0.2) is 18.2 Å². The van der Waals surface area contributed by atoms with E-state index in [1.54, 1.807) is 0 Å². The molecule has 2 heterocycles. The number of rotatable bonds is 6. The molecule has 5 nitrogen and oxygen atoms in total. The van der Waals surface area contributed by atoms with Crippen LogP contribution in [-0.2, 0) is 11.3 Å². The summed E-state index contributed by atoms with van der Waals surface area (Å²) in [6.45, 7) is 9.15. The Bertz CT molecular complexity index is 483. The van der Waals surface area contributed by atoms with Gasteiger partial charge < -0.3 is 10.2 Å². The Labute approximate surface area is 133 Å². The summed E-state index contributed by atoms with van der Waals surface area (Å²) in [4.78, 5) is 21.2. The highest BCUT2D eigenvalue weighted by atomic mass is 16.1. The molecule has 2 rings (SSSR count). The zero-order valence-corrected chi connectivity index (χ0v) is 14.0. The van der Waals surface area contributed by atoms with Crippen LogP contribution < -0.4 is 5.32 Å². The van der Waals surface area contributed by atoms with Gasteiger partial charge in [-0.05, 0) is 39.4 Å². The first-order valence-electron chi connectivity index (χ1n) is 8.16. The van der Waals surface area contributed by atoms with Gasteiger partial charge in [0.15, 0.2) is 0 Å². The summed E-state index contributed by atoms with van der Waals surface area (Å²) in [5.41, 5.74) is 1.90. The molecule has 1 amide bonds. The van der Waals surface area contributed by atoms with Gasteiger partial charge in [-0.2, -0.15) is 0 Å². The fraction of sp³-hybridized carbons (Fsp3) is 0.647. The number of aromatic nitrogens is 1. The van der Waals surface area contributed by atoms with Gasteiger partial charge >= 0.3 is 0 Å². The van der Waals surface area contributed by atoms with E-state index in [-0.39, 0.29) is 5.91 Å². The number of carbonyl (C=O) groups excluding carboxylic acids is 1. The van der Waals surface area contributed by atoms with Crippen molar-refractivity contribution in [3.63, 3.8) is 0 Å². The predicted octanol–water partition coefficient (Wildman–Crippen LogP) is 1.42.